The number of amides is 1. The van der Waals surface area contributed by atoms with E-state index < -0.39 is 33.7 Å². The molecular formula is C9H6F2N6O3. The molecule has 0 fully saturated rings. The molecule has 0 radical (unpaired) electrons. The second-order valence-corrected chi connectivity index (χ2v) is 3.55. The van der Waals surface area contributed by atoms with Crippen LogP contribution in [0, 0.1) is 21.7 Å². The number of H-pyrrole nitrogens is 1. The molecule has 1 aromatic carbocycles. The van der Waals surface area contributed by atoms with E-state index >= 15 is 0 Å². The molecule has 0 bridgehead atoms. The number of rotatable bonds is 4. The van der Waals surface area contributed by atoms with Gasteiger partial charge in [0.2, 0.25) is 5.82 Å². The predicted octanol–water partition coefficient (Wildman–Crippen LogP) is 0.316. The second kappa shape index (κ2) is 5.34. The van der Waals surface area contributed by atoms with Crippen LogP contribution in [0.15, 0.2) is 12.1 Å². The highest BCUT2D eigenvalue weighted by Crippen LogP contribution is 2.21. The highest BCUT2D eigenvalue weighted by molar-refractivity contribution is 5.95. The zero-order valence-electron chi connectivity index (χ0n) is 9.63. The van der Waals surface area contributed by atoms with Gasteiger partial charge in [0.15, 0.2) is 5.82 Å². The van der Waals surface area contributed by atoms with Crippen molar-refractivity contribution in [1.29, 1.82) is 0 Å². The number of hydrogen-bond acceptors (Lipinski definition) is 6. The SMILES string of the molecule is O=C(NCc1nn[nH]n1)c1cc([N+](=O)[O-])c(F)cc1F. The average molecular weight is 284 g/mol. The lowest BCUT2D eigenvalue weighted by atomic mass is 10.1. The Kier molecular flexibility index (Phi) is 3.59. The first-order valence-corrected chi connectivity index (χ1v) is 5.13. The van der Waals surface area contributed by atoms with E-state index in [2.05, 4.69) is 25.9 Å². The molecule has 0 aliphatic carbocycles. The van der Waals surface area contributed by atoms with E-state index in [4.69, 9.17) is 0 Å². The Labute approximate surface area is 109 Å². The number of carbonyl (C=O) groups excluding carboxylic acids is 1. The molecule has 2 rings (SSSR count). The number of aromatic nitrogens is 4. The lowest BCUT2D eigenvalue weighted by molar-refractivity contribution is -0.387. The molecule has 1 aromatic heterocycles. The summed E-state index contributed by atoms with van der Waals surface area (Å²) in [5.41, 5.74) is -1.64. The van der Waals surface area contributed by atoms with Gasteiger partial charge in [-0.25, -0.2) is 4.39 Å². The average Bonchev–Trinajstić information content (AvgIpc) is 2.88. The van der Waals surface area contributed by atoms with Gasteiger partial charge >= 0.3 is 5.69 Å². The number of nitrogens with one attached hydrogen (secondary N) is 2. The molecule has 1 heterocycles. The molecule has 104 valence electrons. The third-order valence-electron chi connectivity index (χ3n) is 2.27. The molecule has 0 unspecified atom stereocenters. The monoisotopic (exact) mass is 284 g/mol. The summed E-state index contributed by atoms with van der Waals surface area (Å²) in [6.45, 7) is -0.167. The van der Waals surface area contributed by atoms with Crippen LogP contribution in [0.25, 0.3) is 0 Å². The standard InChI is InChI=1S/C9H6F2N6O3/c10-5-2-6(11)7(17(19)20)1-4(5)9(18)12-3-8-13-15-16-14-8/h1-2H,3H2,(H,12,18)(H,13,14,15,16). The Hall–Kier alpha value is -2.98. The summed E-state index contributed by atoms with van der Waals surface area (Å²) in [7, 11) is 0. The maximum Gasteiger partial charge on any atom is 0.305 e. The fraction of sp³-hybridized carbons (Fsp3) is 0.111. The number of benzene rings is 1. The van der Waals surface area contributed by atoms with Crippen molar-refractivity contribution < 1.29 is 18.5 Å². The van der Waals surface area contributed by atoms with Gasteiger partial charge in [-0.3, -0.25) is 14.9 Å². The van der Waals surface area contributed by atoms with E-state index in [9.17, 15) is 23.7 Å². The zero-order chi connectivity index (χ0) is 14.7. The van der Waals surface area contributed by atoms with E-state index in [0.717, 1.165) is 0 Å². The molecule has 1 amide bonds. The van der Waals surface area contributed by atoms with E-state index in [1.54, 1.807) is 0 Å². The van der Waals surface area contributed by atoms with Gasteiger partial charge in [0, 0.05) is 12.1 Å². The van der Waals surface area contributed by atoms with E-state index in [1.165, 1.54) is 0 Å². The highest BCUT2D eigenvalue weighted by Gasteiger charge is 2.22. The lowest BCUT2D eigenvalue weighted by Crippen LogP contribution is -2.24. The molecule has 0 aliphatic rings. The molecule has 11 heteroatoms. The van der Waals surface area contributed by atoms with Crippen LogP contribution in [-0.4, -0.2) is 31.5 Å². The van der Waals surface area contributed by atoms with Crippen LogP contribution in [0.5, 0.6) is 0 Å². The summed E-state index contributed by atoms with van der Waals surface area (Å²) in [5, 5.41) is 25.2. The Morgan fingerprint density at radius 1 is 1.40 bits per heavy atom. The van der Waals surface area contributed by atoms with Crippen LogP contribution >= 0.6 is 0 Å². The van der Waals surface area contributed by atoms with Crippen LogP contribution in [0.2, 0.25) is 0 Å². The van der Waals surface area contributed by atoms with Crippen molar-refractivity contribution in [1.82, 2.24) is 25.9 Å². The maximum absolute atomic E-state index is 13.4. The summed E-state index contributed by atoms with van der Waals surface area (Å²) >= 11 is 0. The van der Waals surface area contributed by atoms with Gasteiger partial charge in [0.1, 0.15) is 5.82 Å². The van der Waals surface area contributed by atoms with Crippen molar-refractivity contribution in [2.24, 2.45) is 0 Å². The minimum Gasteiger partial charge on any atom is -0.344 e. The third-order valence-corrected chi connectivity index (χ3v) is 2.27. The van der Waals surface area contributed by atoms with Gasteiger partial charge in [-0.05, 0) is 0 Å². The largest absolute Gasteiger partial charge is 0.344 e. The van der Waals surface area contributed by atoms with Crippen molar-refractivity contribution >= 4 is 11.6 Å². The summed E-state index contributed by atoms with van der Waals surface area (Å²) in [6.07, 6.45) is 0. The molecule has 0 saturated heterocycles. The quantitative estimate of drug-likeness (QED) is 0.614. The number of halogens is 2. The maximum atomic E-state index is 13.4. The van der Waals surface area contributed by atoms with Crippen molar-refractivity contribution in [3.8, 4) is 0 Å². The van der Waals surface area contributed by atoms with Crippen LogP contribution in [-0.2, 0) is 6.54 Å². The van der Waals surface area contributed by atoms with Crippen LogP contribution in [0.3, 0.4) is 0 Å². The Morgan fingerprint density at radius 3 is 2.75 bits per heavy atom. The fourth-order valence-corrected chi connectivity index (χ4v) is 1.36. The zero-order valence-corrected chi connectivity index (χ0v) is 9.63. The first kappa shape index (κ1) is 13.5. The molecule has 0 atom stereocenters. The first-order valence-electron chi connectivity index (χ1n) is 5.13. The molecule has 9 nitrogen and oxygen atoms in total. The number of hydrogen-bond donors (Lipinski definition) is 2. The van der Waals surface area contributed by atoms with E-state index in [-0.39, 0.29) is 18.4 Å². The molecular weight excluding hydrogens is 278 g/mol. The topological polar surface area (TPSA) is 127 Å². The smallest absolute Gasteiger partial charge is 0.305 e. The predicted molar refractivity (Wildman–Crippen MR) is 58.4 cm³/mol. The molecule has 0 spiro atoms. The van der Waals surface area contributed by atoms with Crippen LogP contribution in [0.4, 0.5) is 14.5 Å². The van der Waals surface area contributed by atoms with Crippen molar-refractivity contribution in [3.63, 3.8) is 0 Å². The van der Waals surface area contributed by atoms with Crippen molar-refractivity contribution in [2.45, 2.75) is 6.54 Å². The molecule has 2 N–H and O–H groups in total. The van der Waals surface area contributed by atoms with Crippen molar-refractivity contribution in [3.05, 3.63) is 45.3 Å². The van der Waals surface area contributed by atoms with E-state index in [0.29, 0.717) is 6.07 Å². The fourth-order valence-electron chi connectivity index (χ4n) is 1.36. The normalized spacial score (nSPS) is 10.3. The number of carbonyl (C=O) groups is 1. The number of aromatic amines is 1. The number of tetrazole rings is 1. The minimum atomic E-state index is -1.36. The third kappa shape index (κ3) is 2.71. The summed E-state index contributed by atoms with van der Waals surface area (Å²) in [6, 6.07) is 0.803. The van der Waals surface area contributed by atoms with Gasteiger partial charge < -0.3 is 5.32 Å². The number of nitro benzene ring substituents is 1. The first-order chi connectivity index (χ1) is 9.49. The van der Waals surface area contributed by atoms with Gasteiger partial charge in [-0.15, -0.1) is 10.2 Å². The molecule has 0 saturated carbocycles. The number of nitro groups is 1. The number of nitrogens with zero attached hydrogens (tertiary/aromatic N) is 4. The molecule has 2 aromatic rings. The summed E-state index contributed by atoms with van der Waals surface area (Å²) in [4.78, 5) is 21.1. The van der Waals surface area contributed by atoms with Crippen molar-refractivity contribution in [2.75, 3.05) is 0 Å². The van der Waals surface area contributed by atoms with E-state index in [1.807, 2.05) is 0 Å². The second-order valence-electron chi connectivity index (χ2n) is 3.55. The molecule has 20 heavy (non-hydrogen) atoms. The Balaban J connectivity index is 2.21. The van der Waals surface area contributed by atoms with Crippen LogP contribution in [0.1, 0.15) is 16.2 Å². The Morgan fingerprint density at radius 2 is 2.15 bits per heavy atom. The molecule has 0 aliphatic heterocycles. The van der Waals surface area contributed by atoms with Crippen LogP contribution < -0.4 is 5.32 Å². The van der Waals surface area contributed by atoms with Gasteiger partial charge in [0.25, 0.3) is 5.91 Å². The Bertz CT molecular complexity index is 660. The minimum absolute atomic E-state index is 0.135. The highest BCUT2D eigenvalue weighted by atomic mass is 19.1. The summed E-state index contributed by atoms with van der Waals surface area (Å²) in [5.74, 6) is -3.40. The summed E-state index contributed by atoms with van der Waals surface area (Å²) < 4.78 is 26.5. The van der Waals surface area contributed by atoms with Gasteiger partial charge in [0.05, 0.1) is 17.0 Å². The van der Waals surface area contributed by atoms with Gasteiger partial charge in [-0.1, -0.05) is 5.21 Å². The van der Waals surface area contributed by atoms with Gasteiger partial charge in [-0.2, -0.15) is 9.60 Å². The lowest BCUT2D eigenvalue weighted by Gasteiger charge is -2.04.